The molecule has 0 amide bonds. The van der Waals surface area contributed by atoms with Crippen LogP contribution in [0.2, 0.25) is 0 Å². The molecule has 0 heterocycles. The minimum atomic E-state index is -3.29. The van der Waals surface area contributed by atoms with Crippen LogP contribution in [-0.2, 0) is 20.2 Å². The highest BCUT2D eigenvalue weighted by molar-refractivity contribution is 7.57. The predicted molar refractivity (Wildman–Crippen MR) is 98.6 cm³/mol. The van der Waals surface area contributed by atoms with Crippen LogP contribution in [0.15, 0.2) is 66.5 Å². The molecule has 0 saturated heterocycles. The maximum atomic E-state index is 12.8. The summed E-state index contributed by atoms with van der Waals surface area (Å²) in [6, 6.07) is 19.8. The van der Waals surface area contributed by atoms with Gasteiger partial charge in [-0.1, -0.05) is 60.7 Å². The Hall–Kier alpha value is -1.87. The van der Waals surface area contributed by atoms with E-state index >= 15 is 0 Å². The number of nitrogens with one attached hydrogen (secondary N) is 1. The number of benzene rings is 2. The van der Waals surface area contributed by atoms with Crippen LogP contribution in [0.3, 0.4) is 0 Å². The molecular weight excluding hydrogens is 321 g/mol. The molecule has 0 saturated carbocycles. The Morgan fingerprint density at radius 2 is 1.50 bits per heavy atom. The van der Waals surface area contributed by atoms with E-state index in [0.29, 0.717) is 19.8 Å². The molecule has 2 rings (SSSR count). The fourth-order valence-electron chi connectivity index (χ4n) is 2.26. The first-order chi connectivity index (χ1) is 11.7. The summed E-state index contributed by atoms with van der Waals surface area (Å²) in [5, 5.41) is 3.35. The van der Waals surface area contributed by atoms with E-state index in [1.807, 2.05) is 60.7 Å². The quantitative estimate of drug-likeness (QED) is 0.647. The van der Waals surface area contributed by atoms with Crippen LogP contribution in [0.5, 0.6) is 0 Å². The van der Waals surface area contributed by atoms with Crippen LogP contribution in [0.25, 0.3) is 5.70 Å². The van der Waals surface area contributed by atoms with E-state index in [-0.39, 0.29) is 0 Å². The van der Waals surface area contributed by atoms with Crippen molar-refractivity contribution in [2.75, 3.05) is 13.2 Å². The van der Waals surface area contributed by atoms with E-state index in [1.54, 1.807) is 19.7 Å². The molecule has 128 valence electrons. The Bertz CT molecular complexity index is 676. The van der Waals surface area contributed by atoms with Gasteiger partial charge in [0.15, 0.2) is 0 Å². The fraction of sp³-hybridized carbons (Fsp3) is 0.263. The third kappa shape index (κ3) is 5.64. The molecule has 0 aliphatic rings. The van der Waals surface area contributed by atoms with E-state index in [1.165, 1.54) is 0 Å². The molecule has 0 radical (unpaired) electrons. The summed E-state index contributed by atoms with van der Waals surface area (Å²) in [5.41, 5.74) is 2.82. The van der Waals surface area contributed by atoms with Gasteiger partial charge in [0.25, 0.3) is 0 Å². The van der Waals surface area contributed by atoms with Crippen molar-refractivity contribution in [3.63, 3.8) is 0 Å². The molecule has 0 aliphatic heterocycles. The third-order valence-electron chi connectivity index (χ3n) is 3.32. The average Bonchev–Trinajstić information content (AvgIpc) is 2.61. The Morgan fingerprint density at radius 3 is 2.04 bits per heavy atom. The van der Waals surface area contributed by atoms with Crippen LogP contribution in [0.4, 0.5) is 0 Å². The summed E-state index contributed by atoms with van der Waals surface area (Å²) in [4.78, 5) is 0. The number of hydrogen-bond acceptors (Lipinski definition) is 4. The number of rotatable bonds is 9. The average molecular weight is 345 g/mol. The maximum absolute atomic E-state index is 12.8. The first-order valence-electron chi connectivity index (χ1n) is 8.11. The van der Waals surface area contributed by atoms with Gasteiger partial charge >= 0.3 is 7.60 Å². The van der Waals surface area contributed by atoms with Gasteiger partial charge in [0.05, 0.1) is 19.0 Å². The highest BCUT2D eigenvalue weighted by Crippen LogP contribution is 2.51. The van der Waals surface area contributed by atoms with Crippen molar-refractivity contribution in [3.05, 3.63) is 77.6 Å². The highest BCUT2D eigenvalue weighted by atomic mass is 31.2. The molecule has 0 unspecified atom stereocenters. The zero-order chi connectivity index (χ0) is 17.3. The summed E-state index contributed by atoms with van der Waals surface area (Å²) in [5.74, 6) is 1.58. The molecule has 0 aliphatic carbocycles. The lowest BCUT2D eigenvalue weighted by Crippen LogP contribution is -2.12. The first kappa shape index (κ1) is 18.5. The molecule has 0 aromatic heterocycles. The topological polar surface area (TPSA) is 47.6 Å². The normalized spacial score (nSPS) is 12.2. The molecule has 0 spiro atoms. The van der Waals surface area contributed by atoms with Crippen LogP contribution in [0.1, 0.15) is 25.0 Å². The standard InChI is InChI=1S/C19H24NO3P/c1-3-22-24(21,23-4-2)16-19(18-13-9-6-10-14-18)20-15-17-11-7-5-8-12-17/h5-14,16,20H,3-4,15H2,1-2H3/b19-16+. The smallest absolute Gasteiger partial charge is 0.356 e. The largest absolute Gasteiger partial charge is 0.380 e. The van der Waals surface area contributed by atoms with Gasteiger partial charge in [0, 0.05) is 12.2 Å². The summed E-state index contributed by atoms with van der Waals surface area (Å²) in [6.07, 6.45) is 0. The SMILES string of the molecule is CCOP(=O)(/C=C(/NCc1ccccc1)c1ccccc1)OCC. The van der Waals surface area contributed by atoms with Crippen molar-refractivity contribution in [1.82, 2.24) is 5.32 Å². The summed E-state index contributed by atoms with van der Waals surface area (Å²) in [7, 11) is -3.29. The van der Waals surface area contributed by atoms with Crippen LogP contribution in [-0.4, -0.2) is 13.2 Å². The lowest BCUT2D eigenvalue weighted by atomic mass is 10.1. The lowest BCUT2D eigenvalue weighted by Gasteiger charge is -2.17. The molecule has 24 heavy (non-hydrogen) atoms. The van der Waals surface area contributed by atoms with Gasteiger partial charge in [-0.15, -0.1) is 0 Å². The molecule has 4 nitrogen and oxygen atoms in total. The fourth-order valence-corrected chi connectivity index (χ4v) is 3.76. The molecule has 0 atom stereocenters. The zero-order valence-corrected chi connectivity index (χ0v) is 15.0. The summed E-state index contributed by atoms with van der Waals surface area (Å²) in [6.45, 7) is 4.89. The molecule has 1 N–H and O–H groups in total. The van der Waals surface area contributed by atoms with Gasteiger partial charge in [-0.3, -0.25) is 4.57 Å². The van der Waals surface area contributed by atoms with Gasteiger partial charge in [-0.05, 0) is 25.0 Å². The van der Waals surface area contributed by atoms with E-state index in [4.69, 9.17) is 9.05 Å². The first-order valence-corrected chi connectivity index (χ1v) is 9.73. The van der Waals surface area contributed by atoms with Gasteiger partial charge in [0.1, 0.15) is 0 Å². The van der Waals surface area contributed by atoms with Gasteiger partial charge < -0.3 is 14.4 Å². The Kier molecular flexibility index (Phi) is 7.26. The minimum absolute atomic E-state index is 0.328. The van der Waals surface area contributed by atoms with E-state index in [0.717, 1.165) is 16.8 Å². The molecular formula is C19H24NO3P. The molecule has 0 fully saturated rings. The highest BCUT2D eigenvalue weighted by Gasteiger charge is 2.22. The van der Waals surface area contributed by atoms with Crippen molar-refractivity contribution in [2.24, 2.45) is 0 Å². The van der Waals surface area contributed by atoms with Crippen LogP contribution in [0, 0.1) is 0 Å². The molecule has 2 aromatic carbocycles. The monoisotopic (exact) mass is 345 g/mol. The Labute approximate surface area is 144 Å². The van der Waals surface area contributed by atoms with Crippen molar-refractivity contribution < 1.29 is 13.6 Å². The summed E-state index contributed by atoms with van der Waals surface area (Å²) >= 11 is 0. The van der Waals surface area contributed by atoms with Crippen molar-refractivity contribution >= 4 is 13.3 Å². The van der Waals surface area contributed by atoms with Crippen molar-refractivity contribution in [3.8, 4) is 0 Å². The third-order valence-corrected chi connectivity index (χ3v) is 5.13. The molecule has 2 aromatic rings. The minimum Gasteiger partial charge on any atom is -0.380 e. The second-order valence-corrected chi connectivity index (χ2v) is 6.98. The van der Waals surface area contributed by atoms with Crippen molar-refractivity contribution in [1.29, 1.82) is 0 Å². The van der Waals surface area contributed by atoms with Gasteiger partial charge in [0.2, 0.25) is 0 Å². The molecule has 5 heteroatoms. The van der Waals surface area contributed by atoms with Gasteiger partial charge in [-0.2, -0.15) is 0 Å². The second kappa shape index (κ2) is 9.43. The van der Waals surface area contributed by atoms with E-state index < -0.39 is 7.60 Å². The maximum Gasteiger partial charge on any atom is 0.356 e. The predicted octanol–water partition coefficient (Wildman–Crippen LogP) is 5.04. The van der Waals surface area contributed by atoms with Crippen LogP contribution >= 0.6 is 7.60 Å². The van der Waals surface area contributed by atoms with E-state index in [2.05, 4.69) is 5.32 Å². The van der Waals surface area contributed by atoms with Crippen LogP contribution < -0.4 is 5.32 Å². The lowest BCUT2D eigenvalue weighted by molar-refractivity contribution is 0.229. The zero-order valence-electron chi connectivity index (χ0n) is 14.1. The molecule has 0 bridgehead atoms. The van der Waals surface area contributed by atoms with Crippen molar-refractivity contribution in [2.45, 2.75) is 20.4 Å². The summed E-state index contributed by atoms with van der Waals surface area (Å²) < 4.78 is 23.6. The van der Waals surface area contributed by atoms with E-state index in [9.17, 15) is 4.57 Å². The second-order valence-electron chi connectivity index (χ2n) is 5.12. The Balaban J connectivity index is 2.28. The Morgan fingerprint density at radius 1 is 0.958 bits per heavy atom. The van der Waals surface area contributed by atoms with Gasteiger partial charge in [-0.25, -0.2) is 0 Å². The number of hydrogen-bond donors (Lipinski definition) is 1.